The lowest BCUT2D eigenvalue weighted by molar-refractivity contribution is 0.0457. The fourth-order valence-corrected chi connectivity index (χ4v) is 2.76. The van der Waals surface area contributed by atoms with E-state index in [9.17, 15) is 8.78 Å². The number of hydrogen-bond acceptors (Lipinski definition) is 4. The van der Waals surface area contributed by atoms with Crippen molar-refractivity contribution in [2.24, 2.45) is 5.84 Å². The van der Waals surface area contributed by atoms with E-state index >= 15 is 0 Å². The molecule has 2 atom stereocenters. The van der Waals surface area contributed by atoms with E-state index in [4.69, 9.17) is 10.6 Å². The molecule has 94 valence electrons. The van der Waals surface area contributed by atoms with Gasteiger partial charge < -0.3 is 4.74 Å². The van der Waals surface area contributed by atoms with Crippen LogP contribution in [0.25, 0.3) is 0 Å². The highest BCUT2D eigenvalue weighted by Crippen LogP contribution is 2.27. The molecule has 1 aromatic rings. The van der Waals surface area contributed by atoms with E-state index in [1.54, 1.807) is 11.8 Å². The van der Waals surface area contributed by atoms with Gasteiger partial charge in [-0.1, -0.05) is 12.1 Å². The number of nitrogens with one attached hydrogen (secondary N) is 1. The van der Waals surface area contributed by atoms with E-state index in [2.05, 4.69) is 5.43 Å². The molecule has 1 aliphatic heterocycles. The minimum absolute atomic E-state index is 0.208. The molecule has 2 rings (SSSR count). The SMILES string of the molecule is NNC(c1cccc(F)c1F)C1CSCCO1. The van der Waals surface area contributed by atoms with Crippen molar-refractivity contribution in [3.63, 3.8) is 0 Å². The van der Waals surface area contributed by atoms with Gasteiger partial charge in [0.05, 0.1) is 18.8 Å². The Hall–Kier alpha value is -0.690. The third-order valence-corrected chi connectivity index (χ3v) is 3.73. The number of rotatable bonds is 3. The first-order chi connectivity index (χ1) is 8.24. The smallest absolute Gasteiger partial charge is 0.163 e. The van der Waals surface area contributed by atoms with Crippen molar-refractivity contribution in [2.75, 3.05) is 18.1 Å². The summed E-state index contributed by atoms with van der Waals surface area (Å²) in [6, 6.07) is 3.54. The van der Waals surface area contributed by atoms with Gasteiger partial charge in [-0.3, -0.25) is 11.3 Å². The number of benzene rings is 1. The Labute approximate surface area is 103 Å². The zero-order valence-electron chi connectivity index (χ0n) is 9.16. The van der Waals surface area contributed by atoms with Gasteiger partial charge in [0.25, 0.3) is 0 Å². The molecule has 0 aliphatic carbocycles. The number of hydrazine groups is 1. The highest BCUT2D eigenvalue weighted by Gasteiger charge is 2.28. The normalized spacial score (nSPS) is 22.4. The number of halogens is 2. The minimum atomic E-state index is -0.869. The Bertz CT molecular complexity index is 386. The van der Waals surface area contributed by atoms with Gasteiger partial charge in [-0.05, 0) is 6.07 Å². The summed E-state index contributed by atoms with van der Waals surface area (Å²) in [6.07, 6.45) is -0.241. The Morgan fingerprint density at radius 1 is 1.47 bits per heavy atom. The summed E-state index contributed by atoms with van der Waals surface area (Å²) >= 11 is 1.71. The minimum Gasteiger partial charge on any atom is -0.374 e. The van der Waals surface area contributed by atoms with Crippen molar-refractivity contribution in [1.29, 1.82) is 0 Å². The van der Waals surface area contributed by atoms with Gasteiger partial charge >= 0.3 is 0 Å². The van der Waals surface area contributed by atoms with Crippen molar-refractivity contribution < 1.29 is 13.5 Å². The van der Waals surface area contributed by atoms with Gasteiger partial charge in [0.1, 0.15) is 0 Å². The van der Waals surface area contributed by atoms with Gasteiger partial charge in [0.2, 0.25) is 0 Å². The standard InChI is InChI=1S/C11H14F2N2OS/c12-8-3-1-2-7(10(8)13)11(15-14)9-6-17-5-4-16-9/h1-3,9,11,15H,4-6,14H2. The third-order valence-electron chi connectivity index (χ3n) is 2.71. The van der Waals surface area contributed by atoms with Crippen LogP contribution in [0.5, 0.6) is 0 Å². The van der Waals surface area contributed by atoms with Crippen LogP contribution < -0.4 is 11.3 Å². The van der Waals surface area contributed by atoms with Crippen LogP contribution in [0, 0.1) is 11.6 Å². The maximum Gasteiger partial charge on any atom is 0.163 e. The topological polar surface area (TPSA) is 47.3 Å². The number of ether oxygens (including phenoxy) is 1. The van der Waals surface area contributed by atoms with E-state index < -0.39 is 17.7 Å². The first-order valence-corrected chi connectivity index (χ1v) is 6.49. The molecule has 0 bridgehead atoms. The average Bonchev–Trinajstić information content (AvgIpc) is 2.37. The zero-order valence-corrected chi connectivity index (χ0v) is 9.97. The van der Waals surface area contributed by atoms with Crippen molar-refractivity contribution in [3.8, 4) is 0 Å². The van der Waals surface area contributed by atoms with Crippen molar-refractivity contribution in [1.82, 2.24) is 5.43 Å². The van der Waals surface area contributed by atoms with Crippen LogP contribution in [-0.2, 0) is 4.74 Å². The summed E-state index contributed by atoms with van der Waals surface area (Å²) < 4.78 is 32.3. The second-order valence-electron chi connectivity index (χ2n) is 3.77. The Morgan fingerprint density at radius 3 is 2.94 bits per heavy atom. The predicted octanol–water partition coefficient (Wildman–Crippen LogP) is 1.60. The third kappa shape index (κ3) is 2.77. The first kappa shape index (κ1) is 12.8. The maximum absolute atomic E-state index is 13.7. The van der Waals surface area contributed by atoms with Crippen LogP contribution in [-0.4, -0.2) is 24.2 Å². The Morgan fingerprint density at radius 2 is 2.29 bits per heavy atom. The van der Waals surface area contributed by atoms with Gasteiger partial charge in [-0.2, -0.15) is 11.8 Å². The van der Waals surface area contributed by atoms with Crippen LogP contribution in [0.3, 0.4) is 0 Å². The van der Waals surface area contributed by atoms with Gasteiger partial charge in [0.15, 0.2) is 11.6 Å². The Kier molecular flexibility index (Phi) is 4.33. The summed E-state index contributed by atoms with van der Waals surface area (Å²) in [4.78, 5) is 0. The largest absolute Gasteiger partial charge is 0.374 e. The highest BCUT2D eigenvalue weighted by atomic mass is 32.2. The molecule has 2 unspecified atom stereocenters. The van der Waals surface area contributed by atoms with E-state index in [1.165, 1.54) is 12.1 Å². The molecule has 0 saturated carbocycles. The summed E-state index contributed by atoms with van der Waals surface area (Å²) in [7, 11) is 0. The molecule has 6 heteroatoms. The molecule has 1 saturated heterocycles. The van der Waals surface area contributed by atoms with E-state index in [0.29, 0.717) is 12.4 Å². The van der Waals surface area contributed by atoms with E-state index in [1.807, 2.05) is 0 Å². The molecule has 17 heavy (non-hydrogen) atoms. The average molecular weight is 260 g/mol. The molecular formula is C11H14F2N2OS. The Balaban J connectivity index is 2.24. The lowest BCUT2D eigenvalue weighted by Gasteiger charge is -2.30. The fraction of sp³-hybridized carbons (Fsp3) is 0.455. The molecule has 1 aromatic carbocycles. The summed E-state index contributed by atoms with van der Waals surface area (Å²) in [6.45, 7) is 0.602. The van der Waals surface area contributed by atoms with Gasteiger partial charge in [-0.25, -0.2) is 8.78 Å². The van der Waals surface area contributed by atoms with E-state index in [-0.39, 0.29) is 11.7 Å². The first-order valence-electron chi connectivity index (χ1n) is 5.33. The lowest BCUT2D eigenvalue weighted by Crippen LogP contribution is -2.41. The van der Waals surface area contributed by atoms with E-state index in [0.717, 1.165) is 11.8 Å². The van der Waals surface area contributed by atoms with Crippen LogP contribution in [0.15, 0.2) is 18.2 Å². The molecule has 3 N–H and O–H groups in total. The molecule has 0 aromatic heterocycles. The number of hydrogen-bond donors (Lipinski definition) is 2. The molecule has 1 fully saturated rings. The quantitative estimate of drug-likeness (QED) is 0.640. The van der Waals surface area contributed by atoms with Gasteiger partial charge in [-0.15, -0.1) is 0 Å². The lowest BCUT2D eigenvalue weighted by atomic mass is 10.0. The second kappa shape index (κ2) is 5.77. The van der Waals surface area contributed by atoms with Crippen LogP contribution in [0.1, 0.15) is 11.6 Å². The van der Waals surface area contributed by atoms with Crippen molar-refractivity contribution >= 4 is 11.8 Å². The van der Waals surface area contributed by atoms with Crippen LogP contribution in [0.4, 0.5) is 8.78 Å². The van der Waals surface area contributed by atoms with Crippen LogP contribution >= 0.6 is 11.8 Å². The summed E-state index contributed by atoms with van der Waals surface area (Å²) in [5.74, 6) is 5.32. The molecule has 0 spiro atoms. The molecule has 0 amide bonds. The predicted molar refractivity (Wildman–Crippen MR) is 63.5 cm³/mol. The zero-order chi connectivity index (χ0) is 12.3. The fourth-order valence-electron chi connectivity index (χ4n) is 1.86. The number of thioether (sulfide) groups is 1. The van der Waals surface area contributed by atoms with Crippen LogP contribution in [0.2, 0.25) is 0 Å². The molecular weight excluding hydrogens is 246 g/mol. The molecule has 0 radical (unpaired) electrons. The second-order valence-corrected chi connectivity index (χ2v) is 4.92. The van der Waals surface area contributed by atoms with Crippen molar-refractivity contribution in [2.45, 2.75) is 12.1 Å². The van der Waals surface area contributed by atoms with Crippen molar-refractivity contribution in [3.05, 3.63) is 35.4 Å². The number of nitrogens with two attached hydrogens (primary N) is 1. The summed E-state index contributed by atoms with van der Waals surface area (Å²) in [5, 5.41) is 0. The summed E-state index contributed by atoms with van der Waals surface area (Å²) in [5.41, 5.74) is 2.72. The van der Waals surface area contributed by atoms with Gasteiger partial charge in [0, 0.05) is 17.1 Å². The molecule has 1 aliphatic rings. The maximum atomic E-state index is 13.7. The monoisotopic (exact) mass is 260 g/mol. The highest BCUT2D eigenvalue weighted by molar-refractivity contribution is 7.99. The molecule has 3 nitrogen and oxygen atoms in total. The molecule has 1 heterocycles.